The summed E-state index contributed by atoms with van der Waals surface area (Å²) in [4.78, 5) is 6.82. The Labute approximate surface area is 96.3 Å². The van der Waals surface area contributed by atoms with Gasteiger partial charge in [-0.3, -0.25) is 0 Å². The number of rotatable bonds is 3. The molecule has 1 atom stereocenters. The van der Waals surface area contributed by atoms with Crippen LogP contribution in [-0.2, 0) is 0 Å². The molecule has 0 radical (unpaired) electrons. The third kappa shape index (κ3) is 2.71. The minimum absolute atomic E-state index is 0.832. The molecule has 1 saturated heterocycles. The van der Waals surface area contributed by atoms with E-state index in [4.69, 9.17) is 0 Å². The van der Waals surface area contributed by atoms with Gasteiger partial charge < -0.3 is 4.90 Å². The zero-order valence-corrected chi connectivity index (χ0v) is 10.7. The van der Waals surface area contributed by atoms with Crippen molar-refractivity contribution in [1.29, 1.82) is 0 Å². The molecule has 15 heavy (non-hydrogen) atoms. The highest BCUT2D eigenvalue weighted by atomic mass is 32.1. The Balaban J connectivity index is 1.92. The van der Waals surface area contributed by atoms with Gasteiger partial charge in [0.25, 0.3) is 0 Å². The van der Waals surface area contributed by atoms with Gasteiger partial charge >= 0.3 is 0 Å². The van der Waals surface area contributed by atoms with Gasteiger partial charge in [0.05, 0.1) is 11.2 Å². The van der Waals surface area contributed by atoms with Crippen molar-refractivity contribution < 1.29 is 0 Å². The van der Waals surface area contributed by atoms with Gasteiger partial charge in [0.2, 0.25) is 0 Å². The number of hydrogen-bond acceptors (Lipinski definition) is 3. The molecule has 0 bridgehead atoms. The lowest BCUT2D eigenvalue weighted by atomic mass is 9.97. The molecule has 2 heterocycles. The highest BCUT2D eigenvalue weighted by Crippen LogP contribution is 2.30. The van der Waals surface area contributed by atoms with E-state index in [-0.39, 0.29) is 0 Å². The Morgan fingerprint density at radius 1 is 1.60 bits per heavy atom. The van der Waals surface area contributed by atoms with Crippen LogP contribution in [0.15, 0.2) is 6.20 Å². The van der Waals surface area contributed by atoms with E-state index in [2.05, 4.69) is 30.7 Å². The summed E-state index contributed by atoms with van der Waals surface area (Å²) in [5.41, 5.74) is 0. The van der Waals surface area contributed by atoms with Crippen LogP contribution < -0.4 is 4.90 Å². The predicted molar refractivity (Wildman–Crippen MR) is 66.6 cm³/mol. The maximum atomic E-state index is 4.32. The first kappa shape index (κ1) is 10.9. The molecule has 0 saturated carbocycles. The maximum absolute atomic E-state index is 4.32. The van der Waals surface area contributed by atoms with Gasteiger partial charge in [0.15, 0.2) is 0 Å². The molecule has 2 nitrogen and oxygen atoms in total. The fourth-order valence-corrected chi connectivity index (χ4v) is 3.20. The summed E-state index contributed by atoms with van der Waals surface area (Å²) in [5.74, 6) is 1.73. The summed E-state index contributed by atoms with van der Waals surface area (Å²) in [6.45, 7) is 9.17. The molecule has 0 aliphatic carbocycles. The molecule has 1 aromatic heterocycles. The Morgan fingerprint density at radius 3 is 3.00 bits per heavy atom. The molecule has 84 valence electrons. The van der Waals surface area contributed by atoms with Crippen molar-refractivity contribution in [2.75, 3.05) is 18.0 Å². The van der Waals surface area contributed by atoms with Crippen molar-refractivity contribution >= 4 is 16.3 Å². The molecule has 1 unspecified atom stereocenters. The fourth-order valence-electron chi connectivity index (χ4n) is 2.39. The smallest absolute Gasteiger partial charge is 0.111 e. The highest BCUT2D eigenvalue weighted by Gasteiger charge is 2.24. The van der Waals surface area contributed by atoms with Crippen LogP contribution in [0.2, 0.25) is 0 Å². The Morgan fingerprint density at radius 2 is 2.40 bits per heavy atom. The first-order chi connectivity index (χ1) is 7.15. The number of anilines is 1. The van der Waals surface area contributed by atoms with Gasteiger partial charge in [-0.05, 0) is 31.6 Å². The van der Waals surface area contributed by atoms with Crippen molar-refractivity contribution in [1.82, 2.24) is 4.98 Å². The molecule has 1 aliphatic heterocycles. The first-order valence-electron chi connectivity index (χ1n) is 5.82. The lowest BCUT2D eigenvalue weighted by Crippen LogP contribution is -2.18. The largest absolute Gasteiger partial charge is 0.362 e. The Bertz CT molecular complexity index is 319. The van der Waals surface area contributed by atoms with Crippen LogP contribution in [0, 0.1) is 18.8 Å². The molecule has 2 rings (SSSR count). The van der Waals surface area contributed by atoms with E-state index in [1.807, 2.05) is 17.5 Å². The van der Waals surface area contributed by atoms with Crippen molar-refractivity contribution in [2.45, 2.75) is 33.6 Å². The van der Waals surface area contributed by atoms with Gasteiger partial charge in [-0.25, -0.2) is 4.98 Å². The van der Waals surface area contributed by atoms with Crippen LogP contribution in [-0.4, -0.2) is 18.1 Å². The molecule has 0 spiro atoms. The van der Waals surface area contributed by atoms with Crippen LogP contribution in [0.25, 0.3) is 0 Å². The van der Waals surface area contributed by atoms with E-state index in [0.29, 0.717) is 0 Å². The van der Waals surface area contributed by atoms with Crippen LogP contribution in [0.1, 0.15) is 31.7 Å². The molecule has 0 amide bonds. The number of nitrogens with zero attached hydrogens (tertiary/aromatic N) is 2. The number of thiazole rings is 1. The first-order valence-corrected chi connectivity index (χ1v) is 6.64. The van der Waals surface area contributed by atoms with Crippen LogP contribution >= 0.6 is 11.3 Å². The van der Waals surface area contributed by atoms with Gasteiger partial charge in [-0.15, -0.1) is 11.3 Å². The van der Waals surface area contributed by atoms with Crippen LogP contribution in [0.4, 0.5) is 5.00 Å². The van der Waals surface area contributed by atoms with E-state index in [1.165, 1.54) is 35.9 Å². The van der Waals surface area contributed by atoms with E-state index in [0.717, 1.165) is 11.8 Å². The average molecular weight is 224 g/mol. The molecule has 1 fully saturated rings. The number of hydrogen-bond donors (Lipinski definition) is 0. The predicted octanol–water partition coefficient (Wildman–Crippen LogP) is 3.32. The topological polar surface area (TPSA) is 16.1 Å². The molecular weight excluding hydrogens is 204 g/mol. The summed E-state index contributed by atoms with van der Waals surface area (Å²) in [5, 5.41) is 2.54. The summed E-state index contributed by atoms with van der Waals surface area (Å²) in [7, 11) is 0. The zero-order chi connectivity index (χ0) is 10.8. The van der Waals surface area contributed by atoms with Gasteiger partial charge in [-0.1, -0.05) is 13.8 Å². The molecule has 3 heteroatoms. The Kier molecular flexibility index (Phi) is 3.29. The van der Waals surface area contributed by atoms with Crippen molar-refractivity contribution in [3.8, 4) is 0 Å². The second kappa shape index (κ2) is 4.52. The monoisotopic (exact) mass is 224 g/mol. The van der Waals surface area contributed by atoms with Crippen molar-refractivity contribution in [3.05, 3.63) is 11.2 Å². The quantitative estimate of drug-likeness (QED) is 0.783. The highest BCUT2D eigenvalue weighted by molar-refractivity contribution is 7.15. The minimum Gasteiger partial charge on any atom is -0.362 e. The van der Waals surface area contributed by atoms with E-state index >= 15 is 0 Å². The summed E-state index contributed by atoms with van der Waals surface area (Å²) >= 11 is 1.82. The van der Waals surface area contributed by atoms with Gasteiger partial charge in [0, 0.05) is 13.1 Å². The normalized spacial score (nSPS) is 21.6. The SMILES string of the molecule is Cc1ncc(N2CCC(CC(C)C)C2)s1. The standard InChI is InChI=1S/C12H20N2S/c1-9(2)6-11-4-5-14(8-11)12-7-13-10(3)15-12/h7,9,11H,4-6,8H2,1-3H3. The third-order valence-electron chi connectivity index (χ3n) is 3.01. The fraction of sp³-hybridized carbons (Fsp3) is 0.750. The van der Waals surface area contributed by atoms with Gasteiger partial charge in [0.1, 0.15) is 5.00 Å². The maximum Gasteiger partial charge on any atom is 0.111 e. The lowest BCUT2D eigenvalue weighted by Gasteiger charge is -2.16. The number of aromatic nitrogens is 1. The zero-order valence-electron chi connectivity index (χ0n) is 9.86. The summed E-state index contributed by atoms with van der Waals surface area (Å²) in [6, 6.07) is 0. The van der Waals surface area contributed by atoms with Crippen molar-refractivity contribution in [3.63, 3.8) is 0 Å². The second-order valence-electron chi connectivity index (χ2n) is 4.95. The average Bonchev–Trinajstić information content (AvgIpc) is 2.72. The molecular formula is C12H20N2S. The number of aryl methyl sites for hydroxylation is 1. The van der Waals surface area contributed by atoms with Crippen LogP contribution in [0.5, 0.6) is 0 Å². The summed E-state index contributed by atoms with van der Waals surface area (Å²) < 4.78 is 0. The molecule has 0 N–H and O–H groups in total. The lowest BCUT2D eigenvalue weighted by molar-refractivity contribution is 0.441. The Hall–Kier alpha value is -0.570. The van der Waals surface area contributed by atoms with E-state index in [9.17, 15) is 0 Å². The van der Waals surface area contributed by atoms with Crippen LogP contribution in [0.3, 0.4) is 0 Å². The minimum atomic E-state index is 0.832. The van der Waals surface area contributed by atoms with E-state index in [1.54, 1.807) is 0 Å². The molecule has 1 aromatic rings. The second-order valence-corrected chi connectivity index (χ2v) is 6.16. The van der Waals surface area contributed by atoms with Crippen molar-refractivity contribution in [2.24, 2.45) is 11.8 Å². The van der Waals surface area contributed by atoms with E-state index < -0.39 is 0 Å². The molecule has 0 aromatic carbocycles. The summed E-state index contributed by atoms with van der Waals surface area (Å²) in [6.07, 6.45) is 4.75. The molecule has 1 aliphatic rings. The van der Waals surface area contributed by atoms with Gasteiger partial charge in [-0.2, -0.15) is 0 Å². The third-order valence-corrected chi connectivity index (χ3v) is 3.98.